The van der Waals surface area contributed by atoms with E-state index in [9.17, 15) is 0 Å². The van der Waals surface area contributed by atoms with Crippen molar-refractivity contribution in [3.05, 3.63) is 29.8 Å². The van der Waals surface area contributed by atoms with Gasteiger partial charge in [-0.25, -0.2) is 0 Å². The van der Waals surface area contributed by atoms with Crippen molar-refractivity contribution in [3.63, 3.8) is 0 Å². The highest BCUT2D eigenvalue weighted by atomic mass is 16.5. The van der Waals surface area contributed by atoms with Crippen LogP contribution in [0.25, 0.3) is 0 Å². The van der Waals surface area contributed by atoms with Gasteiger partial charge in [0.15, 0.2) is 0 Å². The average molecular weight is 260 g/mol. The van der Waals surface area contributed by atoms with Crippen LogP contribution in [0.5, 0.6) is 0 Å². The van der Waals surface area contributed by atoms with E-state index in [1.54, 1.807) is 0 Å². The third kappa shape index (κ3) is 3.28. The summed E-state index contributed by atoms with van der Waals surface area (Å²) in [6.07, 6.45) is 6.82. The van der Waals surface area contributed by atoms with Crippen molar-refractivity contribution in [3.8, 4) is 0 Å². The average Bonchev–Trinajstić information content (AvgIpc) is 3.31. The first kappa shape index (κ1) is 12.9. The number of nitrogens with two attached hydrogens (primary N) is 1. The van der Waals surface area contributed by atoms with Gasteiger partial charge in [-0.15, -0.1) is 0 Å². The SMILES string of the molecule is NCc1ccc(N(CC2CCCCO2)C2CC2)cc1. The number of hydrogen-bond donors (Lipinski definition) is 1. The van der Waals surface area contributed by atoms with Crippen LogP contribution in [0.1, 0.15) is 37.7 Å². The fourth-order valence-corrected chi connectivity index (χ4v) is 2.85. The zero-order chi connectivity index (χ0) is 13.1. The van der Waals surface area contributed by atoms with E-state index in [1.807, 2.05) is 0 Å². The lowest BCUT2D eigenvalue weighted by atomic mass is 10.1. The molecule has 1 aliphatic carbocycles. The predicted molar refractivity (Wildman–Crippen MR) is 78.3 cm³/mol. The summed E-state index contributed by atoms with van der Waals surface area (Å²) < 4.78 is 5.89. The molecule has 2 fully saturated rings. The van der Waals surface area contributed by atoms with Crippen molar-refractivity contribution in [1.82, 2.24) is 0 Å². The zero-order valence-electron chi connectivity index (χ0n) is 11.6. The molecule has 1 saturated carbocycles. The van der Waals surface area contributed by atoms with Crippen LogP contribution < -0.4 is 10.6 Å². The maximum atomic E-state index is 5.89. The molecule has 104 valence electrons. The molecular formula is C16H24N2O. The summed E-state index contributed by atoms with van der Waals surface area (Å²) >= 11 is 0. The Balaban J connectivity index is 1.68. The summed E-state index contributed by atoms with van der Waals surface area (Å²) in [4.78, 5) is 2.54. The second-order valence-electron chi connectivity index (χ2n) is 5.74. The number of benzene rings is 1. The van der Waals surface area contributed by atoms with Gasteiger partial charge in [-0.05, 0) is 49.8 Å². The lowest BCUT2D eigenvalue weighted by Crippen LogP contribution is -2.37. The lowest BCUT2D eigenvalue weighted by molar-refractivity contribution is 0.0208. The van der Waals surface area contributed by atoms with Crippen molar-refractivity contribution < 1.29 is 4.74 Å². The van der Waals surface area contributed by atoms with Crippen LogP contribution in [-0.2, 0) is 11.3 Å². The van der Waals surface area contributed by atoms with Crippen molar-refractivity contribution >= 4 is 5.69 Å². The van der Waals surface area contributed by atoms with Crippen LogP contribution in [0.15, 0.2) is 24.3 Å². The predicted octanol–water partition coefficient (Wildman–Crippen LogP) is 2.68. The number of hydrogen-bond acceptors (Lipinski definition) is 3. The molecule has 3 nitrogen and oxygen atoms in total. The highest BCUT2D eigenvalue weighted by Gasteiger charge is 2.31. The van der Waals surface area contributed by atoms with Gasteiger partial charge in [-0.3, -0.25) is 0 Å². The fraction of sp³-hybridized carbons (Fsp3) is 0.625. The Morgan fingerprint density at radius 2 is 1.89 bits per heavy atom. The summed E-state index contributed by atoms with van der Waals surface area (Å²) in [5, 5.41) is 0. The minimum atomic E-state index is 0.420. The van der Waals surface area contributed by atoms with Gasteiger partial charge < -0.3 is 15.4 Å². The van der Waals surface area contributed by atoms with Gasteiger partial charge in [0.1, 0.15) is 0 Å². The first-order chi connectivity index (χ1) is 9.36. The fourth-order valence-electron chi connectivity index (χ4n) is 2.85. The Hall–Kier alpha value is -1.06. The molecule has 19 heavy (non-hydrogen) atoms. The number of ether oxygens (including phenoxy) is 1. The number of nitrogens with zero attached hydrogens (tertiary/aromatic N) is 1. The van der Waals surface area contributed by atoms with Gasteiger partial charge in [0, 0.05) is 31.4 Å². The van der Waals surface area contributed by atoms with Crippen molar-refractivity contribution in [1.29, 1.82) is 0 Å². The third-order valence-corrected chi connectivity index (χ3v) is 4.17. The molecule has 3 heteroatoms. The molecule has 1 heterocycles. The normalized spacial score (nSPS) is 23.3. The number of rotatable bonds is 5. The Morgan fingerprint density at radius 3 is 2.47 bits per heavy atom. The van der Waals surface area contributed by atoms with E-state index in [4.69, 9.17) is 10.5 Å². The van der Waals surface area contributed by atoms with Gasteiger partial charge in [0.05, 0.1) is 6.10 Å². The largest absolute Gasteiger partial charge is 0.376 e. The van der Waals surface area contributed by atoms with Crippen molar-refractivity contribution in [2.45, 2.75) is 50.8 Å². The summed E-state index contributed by atoms with van der Waals surface area (Å²) in [6.45, 7) is 2.61. The van der Waals surface area contributed by atoms with Gasteiger partial charge in [0.2, 0.25) is 0 Å². The first-order valence-corrected chi connectivity index (χ1v) is 7.54. The third-order valence-electron chi connectivity index (χ3n) is 4.17. The van der Waals surface area contributed by atoms with Crippen molar-refractivity contribution in [2.75, 3.05) is 18.1 Å². The van der Waals surface area contributed by atoms with Crippen LogP contribution in [0.2, 0.25) is 0 Å². The first-order valence-electron chi connectivity index (χ1n) is 7.54. The maximum absolute atomic E-state index is 5.89. The molecule has 1 aliphatic heterocycles. The van der Waals surface area contributed by atoms with Gasteiger partial charge >= 0.3 is 0 Å². The Morgan fingerprint density at radius 1 is 1.11 bits per heavy atom. The van der Waals surface area contributed by atoms with Crippen LogP contribution in [0.4, 0.5) is 5.69 Å². The molecular weight excluding hydrogens is 236 g/mol. The van der Waals surface area contributed by atoms with Crippen LogP contribution in [0.3, 0.4) is 0 Å². The van der Waals surface area contributed by atoms with E-state index in [0.717, 1.165) is 19.2 Å². The zero-order valence-corrected chi connectivity index (χ0v) is 11.6. The molecule has 0 radical (unpaired) electrons. The summed E-state index contributed by atoms with van der Waals surface area (Å²) in [5.74, 6) is 0. The van der Waals surface area contributed by atoms with E-state index in [-0.39, 0.29) is 0 Å². The standard InChI is InChI=1S/C16H24N2O/c17-11-13-4-6-14(7-5-13)18(15-8-9-15)12-16-3-1-2-10-19-16/h4-7,15-16H,1-3,8-12,17H2. The smallest absolute Gasteiger partial charge is 0.0750 e. The molecule has 0 amide bonds. The van der Waals surface area contributed by atoms with E-state index >= 15 is 0 Å². The maximum Gasteiger partial charge on any atom is 0.0750 e. The summed E-state index contributed by atoms with van der Waals surface area (Å²) in [6, 6.07) is 9.44. The van der Waals surface area contributed by atoms with E-state index in [2.05, 4.69) is 29.2 Å². The van der Waals surface area contributed by atoms with Crippen molar-refractivity contribution in [2.24, 2.45) is 5.73 Å². The molecule has 2 N–H and O–H groups in total. The molecule has 0 spiro atoms. The molecule has 1 unspecified atom stereocenters. The Labute approximate surface area is 115 Å². The van der Waals surface area contributed by atoms with Gasteiger partial charge in [0.25, 0.3) is 0 Å². The number of anilines is 1. The van der Waals surface area contributed by atoms with E-state index in [0.29, 0.717) is 12.6 Å². The molecule has 1 atom stereocenters. The quantitative estimate of drug-likeness (QED) is 0.884. The van der Waals surface area contributed by atoms with Crippen LogP contribution in [-0.4, -0.2) is 25.3 Å². The van der Waals surface area contributed by atoms with Crippen LogP contribution in [0, 0.1) is 0 Å². The van der Waals surface area contributed by atoms with E-state index < -0.39 is 0 Å². The molecule has 1 aromatic carbocycles. The highest BCUT2D eigenvalue weighted by Crippen LogP contribution is 2.32. The highest BCUT2D eigenvalue weighted by molar-refractivity contribution is 5.50. The summed E-state index contributed by atoms with van der Waals surface area (Å²) in [5.41, 5.74) is 8.19. The summed E-state index contributed by atoms with van der Waals surface area (Å²) in [7, 11) is 0. The molecule has 3 rings (SSSR count). The minimum absolute atomic E-state index is 0.420. The lowest BCUT2D eigenvalue weighted by Gasteiger charge is -2.31. The molecule has 0 aromatic heterocycles. The monoisotopic (exact) mass is 260 g/mol. The Bertz CT molecular complexity index is 394. The molecule has 0 bridgehead atoms. The minimum Gasteiger partial charge on any atom is -0.376 e. The molecule has 1 saturated heterocycles. The van der Waals surface area contributed by atoms with E-state index in [1.165, 1.54) is 43.4 Å². The molecule has 1 aromatic rings. The topological polar surface area (TPSA) is 38.5 Å². The second kappa shape index (κ2) is 5.93. The Kier molecular flexibility index (Phi) is 4.04. The van der Waals surface area contributed by atoms with Gasteiger partial charge in [-0.1, -0.05) is 12.1 Å². The van der Waals surface area contributed by atoms with Gasteiger partial charge in [-0.2, -0.15) is 0 Å². The molecule has 2 aliphatic rings. The van der Waals surface area contributed by atoms with Crippen LogP contribution >= 0.6 is 0 Å². The second-order valence-corrected chi connectivity index (χ2v) is 5.74.